The van der Waals surface area contributed by atoms with Crippen molar-refractivity contribution in [3.8, 4) is 0 Å². The van der Waals surface area contributed by atoms with Crippen molar-refractivity contribution in [3.05, 3.63) is 11.6 Å². The molecule has 0 N–H and O–H groups in total. The third kappa shape index (κ3) is 3.06. The first-order valence-corrected chi connectivity index (χ1v) is 5.92. The van der Waals surface area contributed by atoms with Gasteiger partial charge in [-0.1, -0.05) is 12.0 Å². The number of rotatable bonds is 1. The van der Waals surface area contributed by atoms with E-state index in [1.54, 1.807) is 0 Å². The van der Waals surface area contributed by atoms with E-state index in [1.807, 2.05) is 11.0 Å². The first-order valence-electron chi connectivity index (χ1n) is 5.92. The molecule has 1 saturated carbocycles. The Hall–Kier alpha value is -0.830. The summed E-state index contributed by atoms with van der Waals surface area (Å²) in [4.78, 5) is 13.8. The molecule has 3 heteroatoms. The first-order chi connectivity index (χ1) is 7.36. The lowest BCUT2D eigenvalue weighted by Crippen LogP contribution is -2.40. The van der Waals surface area contributed by atoms with E-state index >= 15 is 0 Å². The predicted octanol–water partition coefficient (Wildman–Crippen LogP) is 1.74. The van der Waals surface area contributed by atoms with Crippen molar-refractivity contribution in [1.29, 1.82) is 0 Å². The zero-order valence-electron chi connectivity index (χ0n) is 9.21. The minimum Gasteiger partial charge on any atom is -0.378 e. The maximum atomic E-state index is 11.9. The van der Waals surface area contributed by atoms with Crippen LogP contribution in [-0.2, 0) is 9.53 Å². The summed E-state index contributed by atoms with van der Waals surface area (Å²) in [7, 11) is 0. The zero-order chi connectivity index (χ0) is 10.5. The normalized spacial score (nSPS) is 22.7. The lowest BCUT2D eigenvalue weighted by atomic mass is 9.94. The number of allylic oxidation sites excluding steroid dienone is 1. The number of carbonyl (C=O) groups is 1. The molecule has 3 nitrogen and oxygen atoms in total. The second-order valence-electron chi connectivity index (χ2n) is 4.30. The largest absolute Gasteiger partial charge is 0.378 e. The Morgan fingerprint density at radius 3 is 2.47 bits per heavy atom. The van der Waals surface area contributed by atoms with Gasteiger partial charge in [-0.2, -0.15) is 0 Å². The topological polar surface area (TPSA) is 29.5 Å². The van der Waals surface area contributed by atoms with Crippen LogP contribution in [0.1, 0.15) is 32.1 Å². The minimum atomic E-state index is 0.190. The summed E-state index contributed by atoms with van der Waals surface area (Å²) in [6.07, 6.45) is 7.93. The van der Waals surface area contributed by atoms with Crippen molar-refractivity contribution >= 4 is 5.91 Å². The van der Waals surface area contributed by atoms with Gasteiger partial charge in [-0.15, -0.1) is 0 Å². The van der Waals surface area contributed by atoms with Crippen molar-refractivity contribution in [2.75, 3.05) is 26.3 Å². The van der Waals surface area contributed by atoms with Crippen LogP contribution in [0.5, 0.6) is 0 Å². The van der Waals surface area contributed by atoms with Crippen molar-refractivity contribution in [3.63, 3.8) is 0 Å². The standard InChI is InChI=1S/C12H19NO2/c14-12(13-6-8-15-9-7-13)10-11-4-2-1-3-5-11/h10H,1-9H2. The van der Waals surface area contributed by atoms with Crippen LogP contribution >= 0.6 is 0 Å². The quantitative estimate of drug-likeness (QED) is 0.616. The van der Waals surface area contributed by atoms with E-state index in [-0.39, 0.29) is 5.91 Å². The predicted molar refractivity (Wildman–Crippen MR) is 58.6 cm³/mol. The maximum Gasteiger partial charge on any atom is 0.246 e. The third-order valence-electron chi connectivity index (χ3n) is 3.15. The summed E-state index contributed by atoms with van der Waals surface area (Å²) in [5.41, 5.74) is 1.35. The fraction of sp³-hybridized carbons (Fsp3) is 0.750. The molecule has 2 rings (SSSR count). The fourth-order valence-corrected chi connectivity index (χ4v) is 2.20. The average molecular weight is 209 g/mol. The molecule has 15 heavy (non-hydrogen) atoms. The average Bonchev–Trinajstić information content (AvgIpc) is 2.31. The van der Waals surface area contributed by atoms with Gasteiger partial charge < -0.3 is 9.64 Å². The zero-order valence-corrected chi connectivity index (χ0v) is 9.21. The van der Waals surface area contributed by atoms with Crippen LogP contribution in [0, 0.1) is 0 Å². The van der Waals surface area contributed by atoms with Gasteiger partial charge in [0, 0.05) is 19.2 Å². The summed E-state index contributed by atoms with van der Waals surface area (Å²) in [6.45, 7) is 2.88. The summed E-state index contributed by atoms with van der Waals surface area (Å²) < 4.78 is 5.23. The molecule has 1 saturated heterocycles. The molecule has 1 aliphatic heterocycles. The molecule has 1 aliphatic carbocycles. The van der Waals surface area contributed by atoms with Gasteiger partial charge in [0.15, 0.2) is 0 Å². The van der Waals surface area contributed by atoms with Gasteiger partial charge in [0.2, 0.25) is 5.91 Å². The maximum absolute atomic E-state index is 11.9. The van der Waals surface area contributed by atoms with E-state index in [0.29, 0.717) is 13.2 Å². The lowest BCUT2D eigenvalue weighted by molar-refractivity contribution is -0.130. The van der Waals surface area contributed by atoms with Crippen LogP contribution < -0.4 is 0 Å². The third-order valence-corrected chi connectivity index (χ3v) is 3.15. The summed E-state index contributed by atoms with van der Waals surface area (Å²) in [5.74, 6) is 0.190. The Morgan fingerprint density at radius 2 is 1.80 bits per heavy atom. The number of hydrogen-bond donors (Lipinski definition) is 0. The van der Waals surface area contributed by atoms with Gasteiger partial charge in [-0.25, -0.2) is 0 Å². The van der Waals surface area contributed by atoms with Crippen molar-refractivity contribution in [1.82, 2.24) is 4.90 Å². The molecule has 0 aromatic rings. The Labute approximate surface area is 91.1 Å². The molecule has 0 atom stereocenters. The van der Waals surface area contributed by atoms with E-state index in [1.165, 1.54) is 24.8 Å². The molecule has 0 radical (unpaired) electrons. The molecule has 1 heterocycles. The van der Waals surface area contributed by atoms with Gasteiger partial charge in [0.25, 0.3) is 0 Å². The first kappa shape index (κ1) is 10.7. The number of nitrogens with zero attached hydrogens (tertiary/aromatic N) is 1. The van der Waals surface area contributed by atoms with E-state index in [9.17, 15) is 4.79 Å². The van der Waals surface area contributed by atoms with Crippen LogP contribution in [0.2, 0.25) is 0 Å². The fourth-order valence-electron chi connectivity index (χ4n) is 2.20. The highest BCUT2D eigenvalue weighted by Crippen LogP contribution is 2.22. The van der Waals surface area contributed by atoms with Gasteiger partial charge in [0.05, 0.1) is 13.2 Å². The van der Waals surface area contributed by atoms with Crippen LogP contribution in [0.3, 0.4) is 0 Å². The molecule has 2 aliphatic rings. The van der Waals surface area contributed by atoms with E-state index in [2.05, 4.69) is 0 Å². The van der Waals surface area contributed by atoms with Gasteiger partial charge >= 0.3 is 0 Å². The monoisotopic (exact) mass is 209 g/mol. The van der Waals surface area contributed by atoms with Gasteiger partial charge in [0.1, 0.15) is 0 Å². The molecule has 0 bridgehead atoms. The van der Waals surface area contributed by atoms with Crippen molar-refractivity contribution in [2.45, 2.75) is 32.1 Å². The number of ether oxygens (including phenoxy) is 1. The van der Waals surface area contributed by atoms with Crippen LogP contribution in [0.15, 0.2) is 11.6 Å². The minimum absolute atomic E-state index is 0.190. The smallest absolute Gasteiger partial charge is 0.246 e. The second-order valence-corrected chi connectivity index (χ2v) is 4.30. The van der Waals surface area contributed by atoms with Gasteiger partial charge in [-0.05, 0) is 25.7 Å². The SMILES string of the molecule is O=C(C=C1CCCCC1)N1CCOCC1. The molecule has 0 spiro atoms. The molecular formula is C12H19NO2. The Morgan fingerprint density at radius 1 is 1.13 bits per heavy atom. The van der Waals surface area contributed by atoms with Gasteiger partial charge in [-0.3, -0.25) is 4.79 Å². The lowest BCUT2D eigenvalue weighted by Gasteiger charge is -2.26. The highest BCUT2D eigenvalue weighted by molar-refractivity contribution is 5.88. The van der Waals surface area contributed by atoms with Crippen LogP contribution in [0.4, 0.5) is 0 Å². The van der Waals surface area contributed by atoms with E-state index in [4.69, 9.17) is 4.74 Å². The number of carbonyl (C=O) groups excluding carboxylic acids is 1. The number of morpholine rings is 1. The van der Waals surface area contributed by atoms with E-state index in [0.717, 1.165) is 25.9 Å². The summed E-state index contributed by atoms with van der Waals surface area (Å²) in [5, 5.41) is 0. The Bertz CT molecular complexity index is 246. The molecule has 0 aromatic carbocycles. The van der Waals surface area contributed by atoms with Crippen LogP contribution in [0.25, 0.3) is 0 Å². The molecular weight excluding hydrogens is 190 g/mol. The van der Waals surface area contributed by atoms with Crippen molar-refractivity contribution < 1.29 is 9.53 Å². The highest BCUT2D eigenvalue weighted by atomic mass is 16.5. The molecule has 0 unspecified atom stereocenters. The number of hydrogen-bond acceptors (Lipinski definition) is 2. The molecule has 0 aromatic heterocycles. The molecule has 2 fully saturated rings. The molecule has 1 amide bonds. The van der Waals surface area contributed by atoms with Crippen molar-refractivity contribution in [2.24, 2.45) is 0 Å². The summed E-state index contributed by atoms with van der Waals surface area (Å²) >= 11 is 0. The molecule has 84 valence electrons. The Balaban J connectivity index is 1.88. The van der Waals surface area contributed by atoms with E-state index < -0.39 is 0 Å². The van der Waals surface area contributed by atoms with Crippen LogP contribution in [-0.4, -0.2) is 37.1 Å². The number of amides is 1. The Kier molecular flexibility index (Phi) is 3.78. The highest BCUT2D eigenvalue weighted by Gasteiger charge is 2.16. The second kappa shape index (κ2) is 5.31. The summed E-state index contributed by atoms with van der Waals surface area (Å²) in [6, 6.07) is 0.